The number of nitriles is 1. The second kappa shape index (κ2) is 9.80. The molecule has 1 aliphatic heterocycles. The molecule has 5 rings (SSSR count). The van der Waals surface area contributed by atoms with Crippen LogP contribution in [0.2, 0.25) is 5.15 Å². The molecule has 2 fully saturated rings. The summed E-state index contributed by atoms with van der Waals surface area (Å²) in [5, 5.41) is 11.5. The van der Waals surface area contributed by atoms with Crippen LogP contribution in [-0.4, -0.2) is 60.2 Å². The van der Waals surface area contributed by atoms with Gasteiger partial charge in [0.25, 0.3) is 0 Å². The summed E-state index contributed by atoms with van der Waals surface area (Å²) in [4.78, 5) is 26.3. The number of aromatic nitrogens is 2. The molecule has 0 N–H and O–H groups in total. The van der Waals surface area contributed by atoms with E-state index in [4.69, 9.17) is 21.3 Å². The van der Waals surface area contributed by atoms with Crippen LogP contribution >= 0.6 is 11.6 Å². The molecule has 1 saturated heterocycles. The number of para-hydroxylation sites is 1. The average molecular weight is 490 g/mol. The van der Waals surface area contributed by atoms with Crippen LogP contribution in [0.3, 0.4) is 0 Å². The summed E-state index contributed by atoms with van der Waals surface area (Å²) in [6.07, 6.45) is 2.52. The van der Waals surface area contributed by atoms with Gasteiger partial charge in [0.15, 0.2) is 0 Å². The Kier molecular flexibility index (Phi) is 6.59. The minimum absolute atomic E-state index is 0.0182. The molecule has 2 aromatic heterocycles. The van der Waals surface area contributed by atoms with Gasteiger partial charge in [0, 0.05) is 55.2 Å². The molecule has 0 spiro atoms. The number of carbonyl (C=O) groups is 1. The number of hydrogen-bond donors (Lipinski definition) is 0. The largest absolute Gasteiger partial charge is 0.384 e. The molecule has 2 aliphatic rings. The van der Waals surface area contributed by atoms with E-state index in [0.717, 1.165) is 40.6 Å². The highest BCUT2D eigenvalue weighted by atomic mass is 35.5. The number of amides is 1. The van der Waals surface area contributed by atoms with E-state index in [1.807, 2.05) is 48.2 Å². The third-order valence-electron chi connectivity index (χ3n) is 6.85. The fourth-order valence-corrected chi connectivity index (χ4v) is 5.11. The van der Waals surface area contributed by atoms with Crippen LogP contribution in [0.15, 0.2) is 36.4 Å². The van der Waals surface area contributed by atoms with Gasteiger partial charge in [-0.1, -0.05) is 29.8 Å². The number of benzene rings is 1. The van der Waals surface area contributed by atoms with Gasteiger partial charge in [0.1, 0.15) is 17.0 Å². The number of anilines is 1. The Balaban J connectivity index is 1.50. The summed E-state index contributed by atoms with van der Waals surface area (Å²) in [6.45, 7) is 4.32. The summed E-state index contributed by atoms with van der Waals surface area (Å²) in [6, 6.07) is 14.2. The first-order valence-electron chi connectivity index (χ1n) is 12.0. The number of piperazine rings is 1. The number of methoxy groups -OCH3 is 1. The van der Waals surface area contributed by atoms with Gasteiger partial charge in [-0.05, 0) is 38.0 Å². The SMILES string of the molecule is COCCC(=O)N1CCN(c2nc(C3CC3)c(-c3cc4ccccc4nc3Cl)cc2C#N)CC1C. The van der Waals surface area contributed by atoms with Gasteiger partial charge in [0.2, 0.25) is 5.91 Å². The number of halogens is 1. The first kappa shape index (κ1) is 23.5. The van der Waals surface area contributed by atoms with Gasteiger partial charge in [0.05, 0.1) is 29.8 Å². The number of ether oxygens (including phenoxy) is 1. The lowest BCUT2D eigenvalue weighted by molar-refractivity contribution is -0.134. The fraction of sp³-hybridized carbons (Fsp3) is 0.407. The number of pyridine rings is 2. The molecule has 1 aromatic carbocycles. The quantitative estimate of drug-likeness (QED) is 0.464. The Morgan fingerprint density at radius 1 is 1.20 bits per heavy atom. The minimum Gasteiger partial charge on any atom is -0.384 e. The predicted molar refractivity (Wildman–Crippen MR) is 137 cm³/mol. The van der Waals surface area contributed by atoms with Crippen LogP contribution < -0.4 is 4.90 Å². The highest BCUT2D eigenvalue weighted by Gasteiger charge is 2.33. The van der Waals surface area contributed by atoms with E-state index in [1.165, 1.54) is 0 Å². The summed E-state index contributed by atoms with van der Waals surface area (Å²) in [5.41, 5.74) is 4.03. The van der Waals surface area contributed by atoms with Crippen molar-refractivity contribution in [2.45, 2.75) is 38.1 Å². The zero-order chi connectivity index (χ0) is 24.5. The van der Waals surface area contributed by atoms with Gasteiger partial charge >= 0.3 is 0 Å². The van der Waals surface area contributed by atoms with Crippen molar-refractivity contribution >= 4 is 34.2 Å². The average Bonchev–Trinajstić information content (AvgIpc) is 3.71. The minimum atomic E-state index is 0.0182. The van der Waals surface area contributed by atoms with Crippen molar-refractivity contribution in [1.82, 2.24) is 14.9 Å². The molecule has 1 unspecified atom stereocenters. The molecule has 8 heteroatoms. The molecule has 180 valence electrons. The van der Waals surface area contributed by atoms with Crippen LogP contribution in [0.25, 0.3) is 22.0 Å². The zero-order valence-electron chi connectivity index (χ0n) is 20.0. The lowest BCUT2D eigenvalue weighted by atomic mass is 9.99. The highest BCUT2D eigenvalue weighted by Crippen LogP contribution is 2.46. The fourth-order valence-electron chi connectivity index (χ4n) is 4.86. The van der Waals surface area contributed by atoms with E-state index < -0.39 is 0 Å². The molecular formula is C27H28ClN5O2. The van der Waals surface area contributed by atoms with E-state index >= 15 is 0 Å². The van der Waals surface area contributed by atoms with Crippen LogP contribution in [0.5, 0.6) is 0 Å². The molecule has 0 bridgehead atoms. The standard InChI is InChI=1S/C27H28ClN5O2/c1-17-16-32(10-11-33(17)24(34)9-12-35-2)27-20(15-29)14-21(25(31-27)18-7-8-18)22-13-19-5-3-4-6-23(19)30-26(22)28/h3-6,13-14,17-18H,7-12,16H2,1-2H3. The predicted octanol–water partition coefficient (Wildman–Crippen LogP) is 4.77. The molecule has 3 heterocycles. The number of carbonyl (C=O) groups excluding carboxylic acids is 1. The Bertz CT molecular complexity index is 1320. The molecular weight excluding hydrogens is 462 g/mol. The Hall–Kier alpha value is -3.21. The second-order valence-corrected chi connectivity index (χ2v) is 9.68. The van der Waals surface area contributed by atoms with Gasteiger partial charge in [-0.2, -0.15) is 5.26 Å². The molecule has 7 nitrogen and oxygen atoms in total. The molecule has 1 saturated carbocycles. The van der Waals surface area contributed by atoms with Crippen LogP contribution in [0.1, 0.15) is 43.4 Å². The Morgan fingerprint density at radius 2 is 2.00 bits per heavy atom. The maximum Gasteiger partial charge on any atom is 0.225 e. The normalized spacial score (nSPS) is 18.1. The van der Waals surface area contributed by atoms with E-state index in [0.29, 0.717) is 55.1 Å². The third-order valence-corrected chi connectivity index (χ3v) is 7.14. The Morgan fingerprint density at radius 3 is 2.71 bits per heavy atom. The Labute approximate surface area is 210 Å². The van der Waals surface area contributed by atoms with Crippen molar-refractivity contribution < 1.29 is 9.53 Å². The van der Waals surface area contributed by atoms with Crippen LogP contribution in [0, 0.1) is 11.3 Å². The molecule has 1 atom stereocenters. The number of fused-ring (bicyclic) bond motifs is 1. The van der Waals surface area contributed by atoms with Crippen LogP contribution in [0.4, 0.5) is 5.82 Å². The van der Waals surface area contributed by atoms with Crippen molar-refractivity contribution in [2.75, 3.05) is 38.3 Å². The first-order valence-corrected chi connectivity index (χ1v) is 12.4. The van der Waals surface area contributed by atoms with Crippen molar-refractivity contribution in [2.24, 2.45) is 0 Å². The topological polar surface area (TPSA) is 82.3 Å². The maximum absolute atomic E-state index is 12.6. The summed E-state index contributed by atoms with van der Waals surface area (Å²) < 4.78 is 5.06. The van der Waals surface area contributed by atoms with Gasteiger partial charge < -0.3 is 14.5 Å². The van der Waals surface area contributed by atoms with Gasteiger partial charge in [-0.15, -0.1) is 0 Å². The lowest BCUT2D eigenvalue weighted by Gasteiger charge is -2.41. The van der Waals surface area contributed by atoms with Crippen LogP contribution in [-0.2, 0) is 9.53 Å². The van der Waals surface area contributed by atoms with Crippen molar-refractivity contribution in [3.05, 3.63) is 52.8 Å². The maximum atomic E-state index is 12.6. The highest BCUT2D eigenvalue weighted by molar-refractivity contribution is 6.32. The molecule has 0 radical (unpaired) electrons. The van der Waals surface area contributed by atoms with Crippen molar-refractivity contribution in [1.29, 1.82) is 5.26 Å². The lowest BCUT2D eigenvalue weighted by Crippen LogP contribution is -2.54. The molecule has 1 aliphatic carbocycles. The van der Waals surface area contributed by atoms with E-state index in [-0.39, 0.29) is 11.9 Å². The van der Waals surface area contributed by atoms with Gasteiger partial charge in [-0.3, -0.25) is 4.79 Å². The number of nitrogens with zero attached hydrogens (tertiary/aromatic N) is 5. The summed E-state index contributed by atoms with van der Waals surface area (Å²) >= 11 is 6.64. The van der Waals surface area contributed by atoms with E-state index in [9.17, 15) is 10.1 Å². The summed E-state index contributed by atoms with van der Waals surface area (Å²) in [5.74, 6) is 1.15. The summed E-state index contributed by atoms with van der Waals surface area (Å²) in [7, 11) is 1.60. The number of hydrogen-bond acceptors (Lipinski definition) is 6. The third kappa shape index (κ3) is 4.69. The zero-order valence-corrected chi connectivity index (χ0v) is 20.8. The monoisotopic (exact) mass is 489 g/mol. The van der Waals surface area contributed by atoms with E-state index in [1.54, 1.807) is 7.11 Å². The molecule has 35 heavy (non-hydrogen) atoms. The molecule has 1 amide bonds. The first-order chi connectivity index (χ1) is 17.0. The second-order valence-electron chi connectivity index (χ2n) is 9.32. The molecule has 3 aromatic rings. The van der Waals surface area contributed by atoms with E-state index in [2.05, 4.69) is 16.0 Å². The van der Waals surface area contributed by atoms with Crippen molar-refractivity contribution in [3.63, 3.8) is 0 Å². The van der Waals surface area contributed by atoms with Crippen molar-refractivity contribution in [3.8, 4) is 17.2 Å². The smallest absolute Gasteiger partial charge is 0.225 e. The van der Waals surface area contributed by atoms with Gasteiger partial charge in [-0.25, -0.2) is 9.97 Å². The number of rotatable bonds is 6.